The molecule has 0 spiro atoms. The van der Waals surface area contributed by atoms with Crippen molar-refractivity contribution in [3.8, 4) is 17.2 Å². The van der Waals surface area contributed by atoms with E-state index in [0.29, 0.717) is 24.5 Å². The summed E-state index contributed by atoms with van der Waals surface area (Å²) in [6, 6.07) is 9.36. The van der Waals surface area contributed by atoms with E-state index in [-0.39, 0.29) is 12.4 Å². The number of allylic oxidation sites excluding steroid dienone is 2. The Morgan fingerprint density at radius 1 is 1.09 bits per heavy atom. The van der Waals surface area contributed by atoms with Crippen LogP contribution in [0.3, 0.4) is 0 Å². The Hall–Kier alpha value is -2.76. The molecule has 0 bridgehead atoms. The van der Waals surface area contributed by atoms with E-state index in [1.165, 1.54) is 0 Å². The van der Waals surface area contributed by atoms with Crippen LogP contribution in [0.25, 0.3) is 5.57 Å². The van der Waals surface area contributed by atoms with Crippen molar-refractivity contribution in [1.29, 1.82) is 0 Å². The minimum atomic E-state index is -0.206. The highest BCUT2D eigenvalue weighted by molar-refractivity contribution is 5.80. The summed E-state index contributed by atoms with van der Waals surface area (Å²) in [5.41, 5.74) is 6.55. The van der Waals surface area contributed by atoms with Gasteiger partial charge in [0, 0.05) is 11.6 Å². The zero-order valence-corrected chi connectivity index (χ0v) is 20.0. The van der Waals surface area contributed by atoms with Gasteiger partial charge in [0.05, 0.1) is 13.2 Å². The van der Waals surface area contributed by atoms with Gasteiger partial charge in [-0.15, -0.1) is 0 Å². The third kappa shape index (κ3) is 6.62. The maximum absolute atomic E-state index is 10.0. The third-order valence-corrected chi connectivity index (χ3v) is 5.70. The standard InChI is InChI=1S/C27H37NO4/c1-7-28-12-9-13-31-26-11-8-10-24(22(26)6)21(5)20(4)19(3)17-32-27-15-25(30)23(16-29)14-18(27)2/h8,10-11,14-15,28-30H,5,7,9,12-13,16-17H2,1-4,6H3/b20-19+. The first-order chi connectivity index (χ1) is 15.3. The number of aliphatic hydroxyl groups excluding tert-OH is 1. The second-order valence-electron chi connectivity index (χ2n) is 8.06. The van der Waals surface area contributed by atoms with Gasteiger partial charge in [-0.05, 0) is 92.7 Å². The van der Waals surface area contributed by atoms with Crippen LogP contribution in [-0.4, -0.2) is 36.5 Å². The number of aryl methyl sites for hydroxylation is 1. The summed E-state index contributed by atoms with van der Waals surface area (Å²) in [7, 11) is 0. The van der Waals surface area contributed by atoms with Crippen LogP contribution >= 0.6 is 0 Å². The van der Waals surface area contributed by atoms with E-state index >= 15 is 0 Å². The molecule has 0 saturated carbocycles. The number of ether oxygens (including phenoxy) is 2. The number of hydrogen-bond acceptors (Lipinski definition) is 5. The van der Waals surface area contributed by atoms with Crippen molar-refractivity contribution in [1.82, 2.24) is 5.32 Å². The number of benzene rings is 2. The second kappa shape index (κ2) is 12.3. The van der Waals surface area contributed by atoms with E-state index in [4.69, 9.17) is 9.47 Å². The lowest BCUT2D eigenvalue weighted by Crippen LogP contribution is -2.16. The van der Waals surface area contributed by atoms with Crippen LogP contribution in [0.4, 0.5) is 0 Å². The fourth-order valence-electron chi connectivity index (χ4n) is 3.43. The first-order valence-corrected chi connectivity index (χ1v) is 11.1. The molecule has 3 N–H and O–H groups in total. The Balaban J connectivity index is 2.10. The van der Waals surface area contributed by atoms with Crippen LogP contribution in [0, 0.1) is 13.8 Å². The fraction of sp³-hybridized carbons (Fsp3) is 0.407. The summed E-state index contributed by atoms with van der Waals surface area (Å²) in [5.74, 6) is 1.52. The number of aromatic hydroxyl groups is 1. The van der Waals surface area contributed by atoms with Crippen LogP contribution in [0.2, 0.25) is 0 Å². The fourth-order valence-corrected chi connectivity index (χ4v) is 3.43. The number of aliphatic hydroxyl groups is 1. The van der Waals surface area contributed by atoms with Crippen LogP contribution in [0.15, 0.2) is 48.1 Å². The van der Waals surface area contributed by atoms with E-state index in [1.54, 1.807) is 12.1 Å². The average Bonchev–Trinajstić information content (AvgIpc) is 2.79. The molecule has 0 unspecified atom stereocenters. The van der Waals surface area contributed by atoms with Crippen molar-refractivity contribution in [2.24, 2.45) is 0 Å². The molecule has 0 aliphatic rings. The average molecular weight is 440 g/mol. The van der Waals surface area contributed by atoms with Crippen molar-refractivity contribution in [3.63, 3.8) is 0 Å². The van der Waals surface area contributed by atoms with Gasteiger partial charge in [-0.3, -0.25) is 0 Å². The predicted octanol–water partition coefficient (Wildman–Crippen LogP) is 5.31. The zero-order chi connectivity index (χ0) is 23.7. The van der Waals surface area contributed by atoms with E-state index < -0.39 is 0 Å². The Morgan fingerprint density at radius 3 is 2.53 bits per heavy atom. The molecular formula is C27H37NO4. The molecule has 174 valence electrons. The van der Waals surface area contributed by atoms with Gasteiger partial charge in [0.15, 0.2) is 0 Å². The van der Waals surface area contributed by atoms with Crippen LogP contribution in [0.1, 0.15) is 49.4 Å². The maximum Gasteiger partial charge on any atom is 0.126 e. The third-order valence-electron chi connectivity index (χ3n) is 5.70. The summed E-state index contributed by atoms with van der Waals surface area (Å²) in [6.07, 6.45) is 0.960. The summed E-state index contributed by atoms with van der Waals surface area (Å²) in [4.78, 5) is 0. The minimum Gasteiger partial charge on any atom is -0.507 e. The van der Waals surface area contributed by atoms with Gasteiger partial charge in [0.1, 0.15) is 23.9 Å². The lowest BCUT2D eigenvalue weighted by Gasteiger charge is -2.17. The van der Waals surface area contributed by atoms with E-state index in [9.17, 15) is 10.2 Å². The van der Waals surface area contributed by atoms with Crippen LogP contribution in [0.5, 0.6) is 17.2 Å². The quantitative estimate of drug-likeness (QED) is 0.309. The topological polar surface area (TPSA) is 71.0 Å². The molecule has 0 heterocycles. The molecule has 5 heteroatoms. The maximum atomic E-state index is 10.0. The molecule has 0 saturated heterocycles. The predicted molar refractivity (Wildman–Crippen MR) is 132 cm³/mol. The monoisotopic (exact) mass is 439 g/mol. The van der Waals surface area contributed by atoms with Crippen LogP contribution in [-0.2, 0) is 6.61 Å². The van der Waals surface area contributed by atoms with Gasteiger partial charge in [0.25, 0.3) is 0 Å². The molecule has 0 aromatic heterocycles. The molecule has 0 atom stereocenters. The minimum absolute atomic E-state index is 0.0359. The van der Waals surface area contributed by atoms with Crippen LogP contribution < -0.4 is 14.8 Å². The summed E-state index contributed by atoms with van der Waals surface area (Å²) in [5, 5.41) is 22.6. The Bertz CT molecular complexity index is 962. The highest BCUT2D eigenvalue weighted by atomic mass is 16.5. The van der Waals surface area contributed by atoms with Crippen molar-refractivity contribution in [2.75, 3.05) is 26.3 Å². The molecule has 0 aliphatic carbocycles. The summed E-state index contributed by atoms with van der Waals surface area (Å²) >= 11 is 0. The van der Waals surface area contributed by atoms with Gasteiger partial charge in [-0.1, -0.05) is 25.6 Å². The molecule has 2 aromatic rings. The highest BCUT2D eigenvalue weighted by Gasteiger charge is 2.12. The number of rotatable bonds is 12. The number of phenols is 1. The molecule has 0 amide bonds. The Labute approximate surface area is 192 Å². The highest BCUT2D eigenvalue weighted by Crippen LogP contribution is 2.32. The number of hydrogen-bond donors (Lipinski definition) is 3. The lowest BCUT2D eigenvalue weighted by molar-refractivity contribution is 0.274. The van der Waals surface area contributed by atoms with E-state index in [2.05, 4.69) is 31.8 Å². The molecule has 0 aliphatic heterocycles. The molecule has 2 aromatic carbocycles. The summed E-state index contributed by atoms with van der Waals surface area (Å²) in [6.45, 7) is 17.2. The molecular weight excluding hydrogens is 402 g/mol. The van der Waals surface area contributed by atoms with E-state index in [1.807, 2.05) is 32.9 Å². The van der Waals surface area contributed by atoms with Crippen molar-refractivity contribution >= 4 is 5.57 Å². The van der Waals surface area contributed by atoms with Gasteiger partial charge >= 0.3 is 0 Å². The molecule has 0 radical (unpaired) electrons. The van der Waals surface area contributed by atoms with Gasteiger partial charge in [-0.2, -0.15) is 0 Å². The second-order valence-corrected chi connectivity index (χ2v) is 8.06. The first kappa shape index (κ1) is 25.5. The van der Waals surface area contributed by atoms with Gasteiger partial charge in [-0.25, -0.2) is 0 Å². The van der Waals surface area contributed by atoms with Gasteiger partial charge < -0.3 is 25.0 Å². The Kier molecular flexibility index (Phi) is 9.82. The summed E-state index contributed by atoms with van der Waals surface area (Å²) < 4.78 is 12.0. The Morgan fingerprint density at radius 2 is 1.84 bits per heavy atom. The molecule has 2 rings (SSSR count). The van der Waals surface area contributed by atoms with E-state index in [0.717, 1.165) is 58.7 Å². The number of nitrogens with one attached hydrogen (secondary N) is 1. The van der Waals surface area contributed by atoms with Crippen molar-refractivity contribution < 1.29 is 19.7 Å². The van der Waals surface area contributed by atoms with Gasteiger partial charge in [0.2, 0.25) is 0 Å². The van der Waals surface area contributed by atoms with Crippen molar-refractivity contribution in [2.45, 2.75) is 47.6 Å². The SMILES string of the molecule is C=C(/C(C)=C(\C)COc1cc(O)c(CO)cc1C)c1cccc(OCCCNCC)c1C. The molecule has 0 fully saturated rings. The first-order valence-electron chi connectivity index (χ1n) is 11.1. The normalized spacial score (nSPS) is 11.8. The van der Waals surface area contributed by atoms with Crippen molar-refractivity contribution in [3.05, 3.63) is 70.3 Å². The lowest BCUT2D eigenvalue weighted by atomic mass is 9.93. The zero-order valence-electron chi connectivity index (χ0n) is 20.0. The molecule has 32 heavy (non-hydrogen) atoms. The molecule has 5 nitrogen and oxygen atoms in total. The smallest absolute Gasteiger partial charge is 0.126 e. The largest absolute Gasteiger partial charge is 0.507 e.